The van der Waals surface area contributed by atoms with Gasteiger partial charge in [0.2, 0.25) is 0 Å². The Bertz CT molecular complexity index is 369. The summed E-state index contributed by atoms with van der Waals surface area (Å²) in [5.74, 6) is 2.01. The third-order valence-electron chi connectivity index (χ3n) is 2.39. The van der Waals surface area contributed by atoms with Gasteiger partial charge in [-0.1, -0.05) is 15.9 Å². The summed E-state index contributed by atoms with van der Waals surface area (Å²) in [6.45, 7) is 4.83. The van der Waals surface area contributed by atoms with Crippen molar-refractivity contribution in [2.45, 2.75) is 26.3 Å². The lowest BCUT2D eigenvalue weighted by Gasteiger charge is -2.16. The fourth-order valence-corrected chi connectivity index (χ4v) is 2.60. The maximum absolute atomic E-state index is 5.87. The van der Waals surface area contributed by atoms with Crippen LogP contribution < -0.4 is 10.5 Å². The molecule has 0 aliphatic rings. The lowest BCUT2D eigenvalue weighted by atomic mass is 10.0. The molecule has 0 aliphatic carbocycles. The zero-order valence-electron chi connectivity index (χ0n) is 10.6. The van der Waals surface area contributed by atoms with Crippen LogP contribution in [0.2, 0.25) is 0 Å². The second-order valence-corrected chi connectivity index (χ2v) is 6.13. The number of halogens is 1. The Kier molecular flexibility index (Phi) is 6.38. The minimum atomic E-state index is 0.145. The van der Waals surface area contributed by atoms with Crippen molar-refractivity contribution >= 4 is 27.7 Å². The van der Waals surface area contributed by atoms with E-state index in [0.717, 1.165) is 34.6 Å². The summed E-state index contributed by atoms with van der Waals surface area (Å²) in [4.78, 5) is 0. The highest BCUT2D eigenvalue weighted by atomic mass is 79.9. The van der Waals surface area contributed by atoms with Crippen molar-refractivity contribution in [2.24, 2.45) is 5.73 Å². The Hall–Kier alpha value is -0.190. The van der Waals surface area contributed by atoms with Crippen molar-refractivity contribution in [1.82, 2.24) is 0 Å². The molecule has 2 N–H and O–H groups in total. The third kappa shape index (κ3) is 4.90. The number of rotatable bonds is 6. The molecule has 0 aliphatic heterocycles. The molecule has 0 amide bonds. The highest BCUT2D eigenvalue weighted by molar-refractivity contribution is 9.10. The fraction of sp³-hybridized carbons (Fsp3) is 0.538. The third-order valence-corrected chi connectivity index (χ3v) is 3.42. The lowest BCUT2D eigenvalue weighted by Crippen LogP contribution is -2.18. The molecular weight excluding hydrogens is 298 g/mol. The normalized spacial score (nSPS) is 12.5. The molecule has 1 aromatic rings. The summed E-state index contributed by atoms with van der Waals surface area (Å²) >= 11 is 5.31. The van der Waals surface area contributed by atoms with Gasteiger partial charge in [-0.25, -0.2) is 0 Å². The Balaban J connectivity index is 2.90. The molecule has 1 rings (SSSR count). The van der Waals surface area contributed by atoms with E-state index in [1.807, 2.05) is 6.92 Å². The van der Waals surface area contributed by atoms with Gasteiger partial charge in [-0.05, 0) is 49.8 Å². The summed E-state index contributed by atoms with van der Waals surface area (Å²) in [6.07, 6.45) is 2.93. The first kappa shape index (κ1) is 14.9. The molecule has 0 heterocycles. The Morgan fingerprint density at radius 2 is 2.18 bits per heavy atom. The van der Waals surface area contributed by atoms with E-state index in [-0.39, 0.29) is 6.04 Å². The first-order chi connectivity index (χ1) is 8.04. The Labute approximate surface area is 116 Å². The monoisotopic (exact) mass is 317 g/mol. The first-order valence-corrected chi connectivity index (χ1v) is 7.89. The summed E-state index contributed by atoms with van der Waals surface area (Å²) in [7, 11) is 0. The predicted molar refractivity (Wildman–Crippen MR) is 80.1 cm³/mol. The maximum atomic E-state index is 5.87. The highest BCUT2D eigenvalue weighted by Gasteiger charge is 2.10. The summed E-state index contributed by atoms with van der Waals surface area (Å²) in [6, 6.07) is 4.33. The van der Waals surface area contributed by atoms with E-state index in [9.17, 15) is 0 Å². The highest BCUT2D eigenvalue weighted by Crippen LogP contribution is 2.29. The molecule has 96 valence electrons. The summed E-state index contributed by atoms with van der Waals surface area (Å²) in [5, 5.41) is 0. The van der Waals surface area contributed by atoms with Crippen LogP contribution in [0.25, 0.3) is 0 Å². The van der Waals surface area contributed by atoms with Crippen molar-refractivity contribution in [3.05, 3.63) is 27.7 Å². The second kappa shape index (κ2) is 7.29. The van der Waals surface area contributed by atoms with E-state index in [0.29, 0.717) is 0 Å². The average molecular weight is 318 g/mol. The molecule has 2 nitrogen and oxygen atoms in total. The maximum Gasteiger partial charge on any atom is 0.125 e. The molecule has 0 fully saturated rings. The molecule has 4 heteroatoms. The van der Waals surface area contributed by atoms with E-state index < -0.39 is 0 Å². The van der Waals surface area contributed by atoms with Crippen molar-refractivity contribution < 1.29 is 4.74 Å². The number of aryl methyl sites for hydroxylation is 1. The van der Waals surface area contributed by atoms with E-state index in [4.69, 9.17) is 10.5 Å². The van der Waals surface area contributed by atoms with Crippen LogP contribution >= 0.6 is 27.7 Å². The molecule has 0 saturated carbocycles. The number of hydrogen-bond acceptors (Lipinski definition) is 3. The minimum Gasteiger partial charge on any atom is -0.492 e. The van der Waals surface area contributed by atoms with Gasteiger partial charge in [0, 0.05) is 16.3 Å². The molecule has 0 radical (unpaired) electrons. The lowest BCUT2D eigenvalue weighted by molar-refractivity contribution is 0.337. The molecule has 1 atom stereocenters. The first-order valence-electron chi connectivity index (χ1n) is 5.71. The Morgan fingerprint density at radius 3 is 2.76 bits per heavy atom. The number of nitrogens with two attached hydrogens (primary N) is 1. The molecule has 0 bridgehead atoms. The summed E-state index contributed by atoms with van der Waals surface area (Å²) < 4.78 is 6.95. The van der Waals surface area contributed by atoms with Gasteiger partial charge in [0.1, 0.15) is 5.75 Å². The number of ether oxygens (including phenoxy) is 1. The van der Waals surface area contributed by atoms with Crippen molar-refractivity contribution in [1.29, 1.82) is 0 Å². The van der Waals surface area contributed by atoms with Crippen LogP contribution in [0.5, 0.6) is 5.75 Å². The smallest absolute Gasteiger partial charge is 0.125 e. The van der Waals surface area contributed by atoms with Gasteiger partial charge >= 0.3 is 0 Å². The van der Waals surface area contributed by atoms with E-state index in [2.05, 4.69) is 41.2 Å². The molecule has 17 heavy (non-hydrogen) atoms. The van der Waals surface area contributed by atoms with E-state index in [1.165, 1.54) is 5.56 Å². The largest absolute Gasteiger partial charge is 0.492 e. The number of thioether (sulfide) groups is 1. The SMILES string of the molecule is CSCCOc1c(C)cc(Br)cc1CC(C)N. The van der Waals surface area contributed by atoms with Gasteiger partial charge in [-0.15, -0.1) is 0 Å². The van der Waals surface area contributed by atoms with Gasteiger partial charge in [0.25, 0.3) is 0 Å². The van der Waals surface area contributed by atoms with Crippen LogP contribution in [0.15, 0.2) is 16.6 Å². The van der Waals surface area contributed by atoms with Crippen LogP contribution in [0.1, 0.15) is 18.1 Å². The number of benzene rings is 1. The molecule has 1 unspecified atom stereocenters. The number of hydrogen-bond donors (Lipinski definition) is 1. The van der Waals surface area contributed by atoms with Gasteiger partial charge in [-0.3, -0.25) is 0 Å². The molecule has 0 saturated heterocycles. The zero-order chi connectivity index (χ0) is 12.8. The van der Waals surface area contributed by atoms with Crippen molar-refractivity contribution in [3.8, 4) is 5.75 Å². The van der Waals surface area contributed by atoms with E-state index >= 15 is 0 Å². The van der Waals surface area contributed by atoms with E-state index in [1.54, 1.807) is 11.8 Å². The van der Waals surface area contributed by atoms with Gasteiger partial charge < -0.3 is 10.5 Å². The van der Waals surface area contributed by atoms with Crippen LogP contribution in [-0.4, -0.2) is 24.7 Å². The Morgan fingerprint density at radius 1 is 1.47 bits per heavy atom. The molecule has 1 aromatic carbocycles. The van der Waals surface area contributed by atoms with Crippen LogP contribution in [0, 0.1) is 6.92 Å². The topological polar surface area (TPSA) is 35.2 Å². The minimum absolute atomic E-state index is 0.145. The zero-order valence-corrected chi connectivity index (χ0v) is 13.0. The second-order valence-electron chi connectivity index (χ2n) is 4.23. The van der Waals surface area contributed by atoms with Crippen molar-refractivity contribution in [3.63, 3.8) is 0 Å². The van der Waals surface area contributed by atoms with Gasteiger partial charge in [0.05, 0.1) is 6.61 Å². The molecule has 0 aromatic heterocycles. The standard InChI is InChI=1S/C13H20BrNOS/c1-9-6-12(14)8-11(7-10(2)15)13(9)16-4-5-17-3/h6,8,10H,4-5,7,15H2,1-3H3. The van der Waals surface area contributed by atoms with Crippen LogP contribution in [0.4, 0.5) is 0 Å². The van der Waals surface area contributed by atoms with Gasteiger partial charge in [0.15, 0.2) is 0 Å². The van der Waals surface area contributed by atoms with Crippen LogP contribution in [-0.2, 0) is 6.42 Å². The fourth-order valence-electron chi connectivity index (χ4n) is 1.73. The predicted octanol–water partition coefficient (Wildman–Crippen LogP) is 3.39. The average Bonchev–Trinajstić information content (AvgIpc) is 2.21. The quantitative estimate of drug-likeness (QED) is 0.817. The van der Waals surface area contributed by atoms with Gasteiger partial charge in [-0.2, -0.15) is 11.8 Å². The molecule has 0 spiro atoms. The van der Waals surface area contributed by atoms with Crippen molar-refractivity contribution in [2.75, 3.05) is 18.6 Å². The summed E-state index contributed by atoms with van der Waals surface area (Å²) in [5.41, 5.74) is 8.22. The molecular formula is C13H20BrNOS. The van der Waals surface area contributed by atoms with Crippen LogP contribution in [0.3, 0.4) is 0 Å².